The van der Waals surface area contributed by atoms with Crippen molar-refractivity contribution >= 4 is 34.7 Å². The summed E-state index contributed by atoms with van der Waals surface area (Å²) in [5.74, 6) is 0.887. The zero-order chi connectivity index (χ0) is 26.4. The molecule has 190 valence electrons. The van der Waals surface area contributed by atoms with Crippen molar-refractivity contribution in [3.05, 3.63) is 83.3 Å². The summed E-state index contributed by atoms with van der Waals surface area (Å²) in [6.07, 6.45) is 2.21. The largest absolute Gasteiger partial charge is 0.465 e. The van der Waals surface area contributed by atoms with Gasteiger partial charge in [0.25, 0.3) is 0 Å². The lowest BCUT2D eigenvalue weighted by molar-refractivity contribution is -0.141. The topological polar surface area (TPSA) is 147 Å². The number of carbonyl (C=O) groups excluding carboxylic acids is 2. The number of fused-ring (bicyclic) bond motifs is 1. The molecule has 4 rings (SSSR count). The van der Waals surface area contributed by atoms with Crippen LogP contribution in [0.25, 0.3) is 11.0 Å². The van der Waals surface area contributed by atoms with Gasteiger partial charge in [0.1, 0.15) is 29.8 Å². The molecule has 4 aromatic rings. The molecule has 2 heterocycles. The van der Waals surface area contributed by atoms with Crippen molar-refractivity contribution in [2.45, 2.75) is 26.7 Å². The van der Waals surface area contributed by atoms with Gasteiger partial charge in [-0.15, -0.1) is 0 Å². The third-order valence-corrected chi connectivity index (χ3v) is 5.76. The van der Waals surface area contributed by atoms with Crippen LogP contribution < -0.4 is 15.4 Å². The van der Waals surface area contributed by atoms with Crippen LogP contribution >= 0.6 is 0 Å². The Kier molecular flexibility index (Phi) is 7.77. The Morgan fingerprint density at radius 1 is 1.08 bits per heavy atom. The van der Waals surface area contributed by atoms with Gasteiger partial charge in [0.15, 0.2) is 0 Å². The fraction of sp³-hybridized carbons (Fsp3) is 0.222. The molecule has 0 bridgehead atoms. The van der Waals surface area contributed by atoms with Gasteiger partial charge in [-0.1, -0.05) is 30.3 Å². The summed E-state index contributed by atoms with van der Waals surface area (Å²) in [6, 6.07) is 16.1. The second kappa shape index (κ2) is 11.3. The van der Waals surface area contributed by atoms with E-state index in [4.69, 9.17) is 25.6 Å². The Morgan fingerprint density at radius 3 is 2.54 bits per heavy atom. The van der Waals surface area contributed by atoms with Crippen LogP contribution in [0.2, 0.25) is 0 Å². The summed E-state index contributed by atoms with van der Waals surface area (Å²) in [7, 11) is 0. The van der Waals surface area contributed by atoms with Crippen LogP contribution in [0, 0.1) is 12.3 Å². The first kappa shape index (κ1) is 25.4. The van der Waals surface area contributed by atoms with Crippen LogP contribution in [-0.2, 0) is 22.4 Å². The van der Waals surface area contributed by atoms with Gasteiger partial charge in [-0.2, -0.15) is 0 Å². The number of pyridine rings is 1. The number of hydrogen-bond donors (Lipinski definition) is 3. The SMILES string of the molecule is CCOC(=O)CN(C(=O)Oc1ccc2[nH]c(CCc3ccc(C(=N)N)cc3)nc2c1C)c1ccccn1. The van der Waals surface area contributed by atoms with Crippen molar-refractivity contribution in [2.24, 2.45) is 5.73 Å². The highest BCUT2D eigenvalue weighted by molar-refractivity contribution is 5.95. The van der Waals surface area contributed by atoms with E-state index in [1.807, 2.05) is 31.2 Å². The number of amides is 1. The van der Waals surface area contributed by atoms with Gasteiger partial charge in [-0.25, -0.2) is 19.7 Å². The van der Waals surface area contributed by atoms with Crippen LogP contribution in [0.3, 0.4) is 0 Å². The van der Waals surface area contributed by atoms with Gasteiger partial charge in [0, 0.05) is 23.7 Å². The monoisotopic (exact) mass is 500 g/mol. The van der Waals surface area contributed by atoms with E-state index in [1.54, 1.807) is 37.3 Å². The molecule has 0 saturated heterocycles. The summed E-state index contributed by atoms with van der Waals surface area (Å²) in [6.45, 7) is 3.39. The predicted octanol–water partition coefficient (Wildman–Crippen LogP) is 3.90. The van der Waals surface area contributed by atoms with E-state index in [0.717, 1.165) is 28.2 Å². The number of benzene rings is 2. The van der Waals surface area contributed by atoms with Crippen LogP contribution in [0.15, 0.2) is 60.8 Å². The highest BCUT2D eigenvalue weighted by Crippen LogP contribution is 2.27. The molecule has 0 spiro atoms. The number of nitrogens with one attached hydrogen (secondary N) is 2. The molecular weight excluding hydrogens is 472 g/mol. The number of nitrogen functional groups attached to an aromatic ring is 1. The Hall–Kier alpha value is -4.73. The molecule has 0 aliphatic heterocycles. The average Bonchev–Trinajstić information content (AvgIpc) is 3.32. The standard InChI is InChI=1S/C27H28N6O4/c1-3-36-24(34)16-33(23-6-4-5-15-30-23)27(35)37-21-13-12-20-25(17(21)2)32-22(31-20)14-9-18-7-10-19(11-8-18)26(28)29/h4-8,10-13,15H,3,9,14,16H2,1-2H3,(H3,28,29)(H,31,32). The molecular formula is C27H28N6O4. The number of rotatable bonds is 9. The van der Waals surface area contributed by atoms with E-state index in [9.17, 15) is 9.59 Å². The van der Waals surface area contributed by atoms with Crippen molar-refractivity contribution in [2.75, 3.05) is 18.1 Å². The third kappa shape index (κ3) is 6.10. The Bertz CT molecular complexity index is 1420. The molecule has 0 atom stereocenters. The minimum atomic E-state index is -0.751. The molecule has 0 aliphatic rings. The fourth-order valence-electron chi connectivity index (χ4n) is 3.83. The molecule has 0 aliphatic carbocycles. The molecule has 0 fully saturated rings. The van der Waals surface area contributed by atoms with E-state index < -0.39 is 12.1 Å². The minimum absolute atomic E-state index is 0.0415. The maximum absolute atomic E-state index is 13.1. The number of aromatic nitrogens is 3. The fourth-order valence-corrected chi connectivity index (χ4v) is 3.83. The predicted molar refractivity (Wildman–Crippen MR) is 140 cm³/mol. The number of nitrogens with zero attached hydrogens (tertiary/aromatic N) is 3. The van der Waals surface area contributed by atoms with E-state index in [-0.39, 0.29) is 24.8 Å². The first-order valence-electron chi connectivity index (χ1n) is 11.8. The Morgan fingerprint density at radius 2 is 1.86 bits per heavy atom. The molecule has 2 aromatic carbocycles. The number of esters is 1. The molecule has 10 heteroatoms. The average molecular weight is 501 g/mol. The van der Waals surface area contributed by atoms with Gasteiger partial charge in [0.05, 0.1) is 17.6 Å². The zero-order valence-corrected chi connectivity index (χ0v) is 20.7. The molecule has 0 radical (unpaired) electrons. The molecule has 37 heavy (non-hydrogen) atoms. The van der Waals surface area contributed by atoms with Crippen molar-refractivity contribution < 1.29 is 19.1 Å². The number of amidine groups is 1. The van der Waals surface area contributed by atoms with Gasteiger partial charge < -0.3 is 20.2 Å². The summed E-state index contributed by atoms with van der Waals surface area (Å²) in [4.78, 5) is 38.5. The number of hydrogen-bond acceptors (Lipinski definition) is 7. The molecule has 0 saturated carbocycles. The summed E-state index contributed by atoms with van der Waals surface area (Å²) in [5.41, 5.74) is 9.53. The van der Waals surface area contributed by atoms with Gasteiger partial charge in [0.2, 0.25) is 0 Å². The quantitative estimate of drug-likeness (QED) is 0.179. The number of nitrogens with two attached hydrogens (primary N) is 1. The smallest absolute Gasteiger partial charge is 0.421 e. The van der Waals surface area contributed by atoms with Gasteiger partial charge in [-0.3, -0.25) is 10.2 Å². The number of anilines is 1. The second-order valence-electron chi connectivity index (χ2n) is 8.33. The zero-order valence-electron chi connectivity index (χ0n) is 20.7. The number of imidazole rings is 1. The van der Waals surface area contributed by atoms with Gasteiger partial charge >= 0.3 is 12.1 Å². The molecule has 10 nitrogen and oxygen atoms in total. The minimum Gasteiger partial charge on any atom is -0.465 e. The van der Waals surface area contributed by atoms with Crippen LogP contribution in [0.4, 0.5) is 10.6 Å². The van der Waals surface area contributed by atoms with E-state index in [0.29, 0.717) is 28.8 Å². The van der Waals surface area contributed by atoms with Crippen LogP contribution in [0.5, 0.6) is 5.75 Å². The summed E-state index contributed by atoms with van der Waals surface area (Å²) >= 11 is 0. The lowest BCUT2D eigenvalue weighted by Gasteiger charge is -2.20. The van der Waals surface area contributed by atoms with E-state index in [1.165, 1.54) is 6.20 Å². The molecule has 1 amide bonds. The van der Waals surface area contributed by atoms with Gasteiger partial charge in [-0.05, 0) is 50.1 Å². The van der Waals surface area contributed by atoms with Crippen molar-refractivity contribution in [3.8, 4) is 5.75 Å². The van der Waals surface area contributed by atoms with Crippen molar-refractivity contribution in [1.82, 2.24) is 15.0 Å². The number of carbonyl (C=O) groups is 2. The summed E-state index contributed by atoms with van der Waals surface area (Å²) in [5, 5.41) is 7.50. The van der Waals surface area contributed by atoms with E-state index >= 15 is 0 Å². The third-order valence-electron chi connectivity index (χ3n) is 5.76. The summed E-state index contributed by atoms with van der Waals surface area (Å²) < 4.78 is 10.7. The maximum Gasteiger partial charge on any atom is 0.421 e. The Balaban J connectivity index is 1.50. The number of ether oxygens (including phenoxy) is 2. The Labute approximate surface area is 213 Å². The first-order chi connectivity index (χ1) is 17.9. The first-order valence-corrected chi connectivity index (χ1v) is 11.8. The molecule has 0 unspecified atom stereocenters. The number of aryl methyl sites for hydroxylation is 3. The highest BCUT2D eigenvalue weighted by Gasteiger charge is 2.24. The molecule has 2 aromatic heterocycles. The second-order valence-corrected chi connectivity index (χ2v) is 8.33. The highest BCUT2D eigenvalue weighted by atomic mass is 16.6. The molecule has 4 N–H and O–H groups in total. The van der Waals surface area contributed by atoms with Crippen molar-refractivity contribution in [1.29, 1.82) is 5.41 Å². The lowest BCUT2D eigenvalue weighted by Crippen LogP contribution is -2.39. The number of aromatic amines is 1. The van der Waals surface area contributed by atoms with Crippen LogP contribution in [-0.4, -0.2) is 46.0 Å². The number of H-pyrrole nitrogens is 1. The van der Waals surface area contributed by atoms with E-state index in [2.05, 4.69) is 9.97 Å². The van der Waals surface area contributed by atoms with Crippen molar-refractivity contribution in [3.63, 3.8) is 0 Å². The normalized spacial score (nSPS) is 10.8. The van der Waals surface area contributed by atoms with Crippen LogP contribution in [0.1, 0.15) is 29.4 Å². The maximum atomic E-state index is 13.1. The lowest BCUT2D eigenvalue weighted by atomic mass is 10.1.